The van der Waals surface area contributed by atoms with Crippen LogP contribution in [0.15, 0.2) is 42.1 Å². The van der Waals surface area contributed by atoms with Crippen LogP contribution in [0.5, 0.6) is 0 Å². The lowest BCUT2D eigenvalue weighted by Crippen LogP contribution is -2.19. The third-order valence-electron chi connectivity index (χ3n) is 2.30. The standard InChI is InChI=1S/C13H16N2/c1-3-15(12(2)8-7-11-14)13-9-5-4-6-10-13/h4-6,8-10H,3,7H2,1-2H3. The Bertz CT molecular complexity index is 360. The van der Waals surface area contributed by atoms with Crippen molar-refractivity contribution in [2.45, 2.75) is 20.3 Å². The topological polar surface area (TPSA) is 27.0 Å². The van der Waals surface area contributed by atoms with Gasteiger partial charge in [0.2, 0.25) is 0 Å². The van der Waals surface area contributed by atoms with E-state index in [-0.39, 0.29) is 0 Å². The first-order valence-corrected chi connectivity index (χ1v) is 5.16. The molecule has 78 valence electrons. The van der Waals surface area contributed by atoms with Crippen LogP contribution in [0.25, 0.3) is 0 Å². The van der Waals surface area contributed by atoms with Crippen LogP contribution in [0.1, 0.15) is 20.3 Å². The largest absolute Gasteiger partial charge is 0.346 e. The summed E-state index contributed by atoms with van der Waals surface area (Å²) < 4.78 is 0. The fraction of sp³-hybridized carbons (Fsp3) is 0.308. The summed E-state index contributed by atoms with van der Waals surface area (Å²) in [5.41, 5.74) is 2.30. The van der Waals surface area contributed by atoms with E-state index in [4.69, 9.17) is 5.26 Å². The maximum absolute atomic E-state index is 8.53. The Kier molecular flexibility index (Phi) is 4.43. The molecular formula is C13H16N2. The Labute approximate surface area is 91.4 Å². The number of hydrogen-bond donors (Lipinski definition) is 0. The summed E-state index contributed by atoms with van der Waals surface area (Å²) in [6.45, 7) is 5.06. The van der Waals surface area contributed by atoms with E-state index in [0.29, 0.717) is 6.42 Å². The number of rotatable bonds is 4. The van der Waals surface area contributed by atoms with Gasteiger partial charge in [-0.05, 0) is 26.0 Å². The predicted molar refractivity (Wildman–Crippen MR) is 63.4 cm³/mol. The molecule has 1 aromatic rings. The van der Waals surface area contributed by atoms with Crippen LogP contribution in [0, 0.1) is 11.3 Å². The zero-order chi connectivity index (χ0) is 11.1. The van der Waals surface area contributed by atoms with Gasteiger partial charge in [0, 0.05) is 17.9 Å². The van der Waals surface area contributed by atoms with Crippen LogP contribution < -0.4 is 4.90 Å². The SMILES string of the molecule is CCN(C(C)=CCC#N)c1ccccc1. The maximum atomic E-state index is 8.53. The van der Waals surface area contributed by atoms with E-state index in [1.165, 1.54) is 5.69 Å². The van der Waals surface area contributed by atoms with Crippen molar-refractivity contribution in [1.29, 1.82) is 5.26 Å². The zero-order valence-electron chi connectivity index (χ0n) is 9.27. The summed E-state index contributed by atoms with van der Waals surface area (Å²) in [4.78, 5) is 2.19. The van der Waals surface area contributed by atoms with Crippen LogP contribution in [-0.4, -0.2) is 6.54 Å². The van der Waals surface area contributed by atoms with Crippen molar-refractivity contribution in [2.75, 3.05) is 11.4 Å². The molecule has 0 heterocycles. The number of anilines is 1. The first-order chi connectivity index (χ1) is 7.29. The molecular weight excluding hydrogens is 184 g/mol. The molecule has 0 saturated carbocycles. The van der Waals surface area contributed by atoms with Crippen molar-refractivity contribution in [1.82, 2.24) is 0 Å². The molecule has 0 fully saturated rings. The van der Waals surface area contributed by atoms with Crippen LogP contribution in [0.4, 0.5) is 5.69 Å². The van der Waals surface area contributed by atoms with Gasteiger partial charge in [-0.1, -0.05) is 24.3 Å². The van der Waals surface area contributed by atoms with E-state index in [9.17, 15) is 0 Å². The monoisotopic (exact) mass is 200 g/mol. The summed E-state index contributed by atoms with van der Waals surface area (Å²) >= 11 is 0. The minimum atomic E-state index is 0.467. The van der Waals surface area contributed by atoms with Crippen molar-refractivity contribution in [3.63, 3.8) is 0 Å². The molecule has 0 N–H and O–H groups in total. The molecule has 0 spiro atoms. The fourth-order valence-electron chi connectivity index (χ4n) is 1.55. The normalized spacial score (nSPS) is 10.9. The molecule has 0 aliphatic carbocycles. The third-order valence-corrected chi connectivity index (χ3v) is 2.30. The van der Waals surface area contributed by atoms with E-state index < -0.39 is 0 Å². The molecule has 1 rings (SSSR count). The Morgan fingerprint density at radius 3 is 2.60 bits per heavy atom. The van der Waals surface area contributed by atoms with Crippen molar-refractivity contribution in [3.05, 3.63) is 42.1 Å². The molecule has 0 saturated heterocycles. The number of nitriles is 1. The second kappa shape index (κ2) is 5.87. The summed E-state index contributed by atoms with van der Waals surface area (Å²) in [7, 11) is 0. The average Bonchev–Trinajstić information content (AvgIpc) is 2.29. The number of hydrogen-bond acceptors (Lipinski definition) is 2. The zero-order valence-corrected chi connectivity index (χ0v) is 9.27. The minimum Gasteiger partial charge on any atom is -0.346 e. The lowest BCUT2D eigenvalue weighted by molar-refractivity contribution is 0.946. The summed E-state index contributed by atoms with van der Waals surface area (Å²) in [6.07, 6.45) is 2.42. The number of allylic oxidation sites excluding steroid dienone is 2. The Morgan fingerprint density at radius 1 is 1.40 bits per heavy atom. The van der Waals surface area contributed by atoms with Gasteiger partial charge in [-0.3, -0.25) is 0 Å². The molecule has 0 bridgehead atoms. The van der Waals surface area contributed by atoms with E-state index in [0.717, 1.165) is 12.2 Å². The Hall–Kier alpha value is -1.75. The van der Waals surface area contributed by atoms with E-state index in [2.05, 4.69) is 30.0 Å². The van der Waals surface area contributed by atoms with Crippen molar-refractivity contribution in [3.8, 4) is 6.07 Å². The molecule has 15 heavy (non-hydrogen) atoms. The van der Waals surface area contributed by atoms with Gasteiger partial charge in [0.05, 0.1) is 12.5 Å². The Balaban J connectivity index is 2.86. The second-order valence-corrected chi connectivity index (χ2v) is 3.29. The number of benzene rings is 1. The minimum absolute atomic E-state index is 0.467. The molecule has 2 heteroatoms. The van der Waals surface area contributed by atoms with Crippen LogP contribution in [0.3, 0.4) is 0 Å². The van der Waals surface area contributed by atoms with E-state index in [1.54, 1.807) is 0 Å². The number of nitrogens with zero attached hydrogens (tertiary/aromatic N) is 2. The maximum Gasteiger partial charge on any atom is 0.0664 e. The molecule has 0 radical (unpaired) electrons. The lowest BCUT2D eigenvalue weighted by atomic mass is 10.2. The highest BCUT2D eigenvalue weighted by Crippen LogP contribution is 2.18. The lowest BCUT2D eigenvalue weighted by Gasteiger charge is -2.23. The molecule has 2 nitrogen and oxygen atoms in total. The molecule has 0 atom stereocenters. The molecule has 0 amide bonds. The van der Waals surface area contributed by atoms with Crippen molar-refractivity contribution < 1.29 is 0 Å². The second-order valence-electron chi connectivity index (χ2n) is 3.29. The quantitative estimate of drug-likeness (QED) is 0.745. The van der Waals surface area contributed by atoms with Crippen LogP contribution in [-0.2, 0) is 0 Å². The first kappa shape index (κ1) is 11.3. The molecule has 0 unspecified atom stereocenters. The van der Waals surface area contributed by atoms with E-state index >= 15 is 0 Å². The average molecular weight is 200 g/mol. The van der Waals surface area contributed by atoms with Gasteiger partial charge in [0.15, 0.2) is 0 Å². The number of para-hydroxylation sites is 1. The van der Waals surface area contributed by atoms with Gasteiger partial charge in [-0.2, -0.15) is 5.26 Å². The molecule has 0 aromatic heterocycles. The fourth-order valence-corrected chi connectivity index (χ4v) is 1.55. The van der Waals surface area contributed by atoms with Gasteiger partial charge in [0.25, 0.3) is 0 Å². The highest BCUT2D eigenvalue weighted by Gasteiger charge is 2.04. The first-order valence-electron chi connectivity index (χ1n) is 5.16. The van der Waals surface area contributed by atoms with Crippen molar-refractivity contribution >= 4 is 5.69 Å². The molecule has 0 aliphatic rings. The highest BCUT2D eigenvalue weighted by atomic mass is 15.1. The van der Waals surface area contributed by atoms with E-state index in [1.807, 2.05) is 31.2 Å². The Morgan fingerprint density at radius 2 is 2.07 bits per heavy atom. The summed E-state index contributed by atoms with van der Waals surface area (Å²) in [5, 5.41) is 8.53. The molecule has 0 aliphatic heterocycles. The third kappa shape index (κ3) is 3.14. The summed E-state index contributed by atoms with van der Waals surface area (Å²) in [5.74, 6) is 0. The van der Waals surface area contributed by atoms with Gasteiger partial charge >= 0.3 is 0 Å². The van der Waals surface area contributed by atoms with Gasteiger partial charge in [-0.25, -0.2) is 0 Å². The predicted octanol–water partition coefficient (Wildman–Crippen LogP) is 3.33. The highest BCUT2D eigenvalue weighted by molar-refractivity contribution is 5.51. The van der Waals surface area contributed by atoms with Crippen LogP contribution >= 0.6 is 0 Å². The summed E-state index contributed by atoms with van der Waals surface area (Å²) in [6, 6.07) is 12.3. The smallest absolute Gasteiger partial charge is 0.0664 e. The van der Waals surface area contributed by atoms with Gasteiger partial charge in [0.1, 0.15) is 0 Å². The van der Waals surface area contributed by atoms with Crippen LogP contribution in [0.2, 0.25) is 0 Å². The van der Waals surface area contributed by atoms with Gasteiger partial charge < -0.3 is 4.90 Å². The van der Waals surface area contributed by atoms with Crippen molar-refractivity contribution in [2.24, 2.45) is 0 Å². The molecule has 1 aromatic carbocycles. The van der Waals surface area contributed by atoms with Gasteiger partial charge in [-0.15, -0.1) is 0 Å².